The molecule has 9 nitrogen and oxygen atoms in total. The van der Waals surface area contributed by atoms with Crippen molar-refractivity contribution in [3.63, 3.8) is 0 Å². The monoisotopic (exact) mass is 463 g/mol. The number of ether oxygens (including phenoxy) is 4. The van der Waals surface area contributed by atoms with E-state index >= 15 is 0 Å². The molecule has 2 aromatic carbocycles. The first-order valence-corrected chi connectivity index (χ1v) is 10.2. The first-order chi connectivity index (χ1) is 15.4. The second-order valence-corrected chi connectivity index (χ2v) is 6.67. The molecular formula is C22H26ClN3O6. The third-order valence-electron chi connectivity index (χ3n) is 4.23. The molecule has 0 aliphatic rings. The summed E-state index contributed by atoms with van der Waals surface area (Å²) in [6, 6.07) is 8.45. The molecule has 0 radical (unpaired) electrons. The summed E-state index contributed by atoms with van der Waals surface area (Å²) in [6.45, 7) is 5.69. The Morgan fingerprint density at radius 3 is 2.22 bits per heavy atom. The van der Waals surface area contributed by atoms with E-state index < -0.39 is 17.7 Å². The maximum Gasteiger partial charge on any atom is 0.276 e. The zero-order valence-electron chi connectivity index (χ0n) is 18.6. The van der Waals surface area contributed by atoms with Crippen LogP contribution in [0.1, 0.15) is 20.8 Å². The van der Waals surface area contributed by atoms with Crippen LogP contribution in [0.4, 0.5) is 11.4 Å². The Hall–Kier alpha value is -3.33. The molecule has 0 saturated carbocycles. The number of benzene rings is 2. The average molecular weight is 464 g/mol. The van der Waals surface area contributed by atoms with Gasteiger partial charge in [0.25, 0.3) is 5.91 Å². The number of nitrogens with zero attached hydrogens (tertiary/aromatic N) is 3. The van der Waals surface area contributed by atoms with E-state index in [4.69, 9.17) is 30.7 Å². The van der Waals surface area contributed by atoms with Crippen molar-refractivity contribution in [1.29, 1.82) is 0 Å². The summed E-state index contributed by atoms with van der Waals surface area (Å²) in [5, 5.41) is 8.07. The Bertz CT molecular complexity index is 982. The van der Waals surface area contributed by atoms with Crippen molar-refractivity contribution in [1.82, 2.24) is 0 Å². The highest BCUT2D eigenvalue weighted by atomic mass is 35.5. The van der Waals surface area contributed by atoms with E-state index in [0.29, 0.717) is 36.1 Å². The highest BCUT2D eigenvalue weighted by Crippen LogP contribution is 2.39. The molecule has 1 atom stereocenters. The molecule has 0 aliphatic heterocycles. The Morgan fingerprint density at radius 1 is 0.969 bits per heavy atom. The molecule has 0 N–H and O–H groups in total. The molecule has 0 heterocycles. The predicted molar refractivity (Wildman–Crippen MR) is 121 cm³/mol. The molecule has 0 saturated heterocycles. The van der Waals surface area contributed by atoms with Crippen molar-refractivity contribution in [3.8, 4) is 23.0 Å². The number of azo groups is 1. The van der Waals surface area contributed by atoms with E-state index in [9.17, 15) is 9.59 Å². The molecule has 0 fully saturated rings. The van der Waals surface area contributed by atoms with Gasteiger partial charge in [-0.25, -0.2) is 4.42 Å². The minimum Gasteiger partial charge on any atom is -0.493 e. The molecule has 1 unspecified atom stereocenters. The molecule has 10 heteroatoms. The largest absolute Gasteiger partial charge is 0.493 e. The van der Waals surface area contributed by atoms with Crippen molar-refractivity contribution in [2.75, 3.05) is 31.9 Å². The summed E-state index contributed by atoms with van der Waals surface area (Å²) in [5.41, 5.74) is 0.519. The van der Waals surface area contributed by atoms with E-state index in [1.165, 1.54) is 21.1 Å². The molecule has 2 aromatic rings. The summed E-state index contributed by atoms with van der Waals surface area (Å²) in [7, 11) is 2.88. The summed E-state index contributed by atoms with van der Waals surface area (Å²) in [5.74, 6) is 0.127. The molecule has 1 amide bonds. The normalized spacial score (nSPS) is 11.7. The van der Waals surface area contributed by atoms with Gasteiger partial charge in [-0.15, -0.1) is 0 Å². The highest BCUT2D eigenvalue weighted by molar-refractivity contribution is 6.39. The van der Waals surface area contributed by atoms with Gasteiger partial charge in [0.2, 0.25) is 6.04 Å². The topological polar surface area (TPSA) is 99.0 Å². The first kappa shape index (κ1) is 24.9. The number of para-hydroxylation sites is 2. The number of carbonyl (C=O) groups excluding carboxylic acids is 2. The van der Waals surface area contributed by atoms with Crippen molar-refractivity contribution >= 4 is 34.8 Å². The van der Waals surface area contributed by atoms with E-state index in [1.807, 2.05) is 13.8 Å². The minimum absolute atomic E-state index is 0.202. The van der Waals surface area contributed by atoms with Crippen molar-refractivity contribution in [2.45, 2.75) is 26.8 Å². The molecule has 0 bridgehead atoms. The summed E-state index contributed by atoms with van der Waals surface area (Å²) in [4.78, 5) is 25.2. The predicted octanol–water partition coefficient (Wildman–Crippen LogP) is 4.73. The fraction of sp³-hybridized carbons (Fsp3) is 0.364. The van der Waals surface area contributed by atoms with Gasteiger partial charge in [-0.1, -0.05) is 12.1 Å². The molecular weight excluding hydrogens is 438 g/mol. The maximum absolute atomic E-state index is 13.0. The standard InChI is InChI=1S/C22H26ClN3O6/c1-6-31-18-13-8-10-15(20(18)32-7-2)24-25-19(14(3)27)22(28)26(23)16-11-9-12-17(29-4)21(16)30-5/h8-13,19H,6-7H2,1-5H3. The van der Waals surface area contributed by atoms with Crippen LogP contribution in [0.25, 0.3) is 0 Å². The van der Waals surface area contributed by atoms with Crippen molar-refractivity contribution in [2.24, 2.45) is 10.2 Å². The highest BCUT2D eigenvalue weighted by Gasteiger charge is 2.31. The van der Waals surface area contributed by atoms with Crippen LogP contribution in [0.3, 0.4) is 0 Å². The fourth-order valence-electron chi connectivity index (χ4n) is 2.82. The van der Waals surface area contributed by atoms with Gasteiger partial charge in [0.1, 0.15) is 11.4 Å². The third kappa shape index (κ3) is 5.67. The lowest BCUT2D eigenvalue weighted by Gasteiger charge is -2.20. The van der Waals surface area contributed by atoms with Gasteiger partial charge in [0.15, 0.2) is 28.8 Å². The van der Waals surface area contributed by atoms with Gasteiger partial charge in [-0.2, -0.15) is 10.2 Å². The Balaban J connectivity index is 2.40. The van der Waals surface area contributed by atoms with Crippen LogP contribution in [-0.2, 0) is 9.59 Å². The van der Waals surface area contributed by atoms with E-state index in [-0.39, 0.29) is 11.4 Å². The fourth-order valence-corrected chi connectivity index (χ4v) is 3.04. The molecule has 0 spiro atoms. The molecule has 0 aliphatic carbocycles. The van der Waals surface area contributed by atoms with Gasteiger partial charge in [0.05, 0.1) is 27.4 Å². The Morgan fingerprint density at radius 2 is 1.62 bits per heavy atom. The number of methoxy groups -OCH3 is 2. The average Bonchev–Trinajstić information content (AvgIpc) is 2.79. The van der Waals surface area contributed by atoms with Gasteiger partial charge in [0, 0.05) is 11.8 Å². The Labute approximate surface area is 192 Å². The quantitative estimate of drug-likeness (QED) is 0.271. The van der Waals surface area contributed by atoms with E-state index in [2.05, 4.69) is 10.2 Å². The van der Waals surface area contributed by atoms with Crippen LogP contribution >= 0.6 is 11.8 Å². The number of carbonyl (C=O) groups is 2. The molecule has 2 rings (SSSR count). The zero-order valence-corrected chi connectivity index (χ0v) is 19.4. The molecule has 172 valence electrons. The van der Waals surface area contributed by atoms with Gasteiger partial charge in [-0.05, 0) is 45.0 Å². The smallest absolute Gasteiger partial charge is 0.276 e. The lowest BCUT2D eigenvalue weighted by atomic mass is 10.2. The second kappa shape index (κ2) is 11.9. The third-order valence-corrected chi connectivity index (χ3v) is 4.58. The van der Waals surface area contributed by atoms with Crippen LogP contribution < -0.4 is 23.4 Å². The SMILES string of the molecule is CCOc1cccc(N=NC(C(C)=O)C(=O)N(Cl)c2cccc(OC)c2OC)c1OCC. The lowest BCUT2D eigenvalue weighted by molar-refractivity contribution is -0.126. The van der Waals surface area contributed by atoms with Gasteiger partial charge >= 0.3 is 0 Å². The van der Waals surface area contributed by atoms with Crippen LogP contribution in [-0.4, -0.2) is 45.2 Å². The summed E-state index contributed by atoms with van der Waals surface area (Å²) >= 11 is 6.29. The van der Waals surface area contributed by atoms with Crippen molar-refractivity contribution < 1.29 is 28.5 Å². The van der Waals surface area contributed by atoms with Gasteiger partial charge in [-0.3, -0.25) is 9.59 Å². The van der Waals surface area contributed by atoms with Crippen LogP contribution in [0.5, 0.6) is 23.0 Å². The number of rotatable bonds is 11. The van der Waals surface area contributed by atoms with Crippen LogP contribution in [0, 0.1) is 0 Å². The second-order valence-electron chi connectivity index (χ2n) is 6.33. The molecule has 0 aromatic heterocycles. The first-order valence-electron chi connectivity index (χ1n) is 9.90. The zero-order chi connectivity index (χ0) is 23.7. The Kier molecular flexibility index (Phi) is 9.27. The van der Waals surface area contributed by atoms with Crippen LogP contribution in [0.15, 0.2) is 46.6 Å². The number of hydrogen-bond donors (Lipinski definition) is 0. The minimum atomic E-state index is -1.48. The summed E-state index contributed by atoms with van der Waals surface area (Å²) < 4.78 is 22.5. The van der Waals surface area contributed by atoms with Crippen molar-refractivity contribution in [3.05, 3.63) is 36.4 Å². The maximum atomic E-state index is 13.0. The van der Waals surface area contributed by atoms with Gasteiger partial charge < -0.3 is 18.9 Å². The molecule has 32 heavy (non-hydrogen) atoms. The number of halogens is 1. The number of anilines is 1. The van der Waals surface area contributed by atoms with E-state index in [1.54, 1.807) is 36.4 Å². The lowest BCUT2D eigenvalue weighted by Crippen LogP contribution is -2.36. The summed E-state index contributed by atoms with van der Waals surface area (Å²) in [6.07, 6.45) is 0. The number of ketones is 1. The number of Topliss-reactive ketones (excluding diaryl/α,β-unsaturated/α-hetero) is 1. The number of hydrogen-bond acceptors (Lipinski definition) is 8. The van der Waals surface area contributed by atoms with E-state index in [0.717, 1.165) is 4.42 Å². The van der Waals surface area contributed by atoms with Crippen LogP contribution in [0.2, 0.25) is 0 Å². The number of amides is 1.